The molecular weight excluding hydrogens is 192 g/mol. The van der Waals surface area contributed by atoms with Crippen LogP contribution in [-0.4, -0.2) is 10.1 Å². The zero-order chi connectivity index (χ0) is 11.3. The van der Waals surface area contributed by atoms with E-state index in [0.29, 0.717) is 12.0 Å². The Morgan fingerprint density at radius 2 is 2.27 bits per heavy atom. The summed E-state index contributed by atoms with van der Waals surface area (Å²) in [5.74, 6) is -0.323. The fourth-order valence-corrected chi connectivity index (χ4v) is 1.49. The molecule has 1 aromatic heterocycles. The van der Waals surface area contributed by atoms with Gasteiger partial charge in [0.1, 0.15) is 11.6 Å². The molecule has 1 heterocycles. The van der Waals surface area contributed by atoms with Crippen molar-refractivity contribution in [2.75, 3.05) is 0 Å². The summed E-state index contributed by atoms with van der Waals surface area (Å²) in [5, 5.41) is 18.2. The van der Waals surface area contributed by atoms with E-state index in [9.17, 15) is 9.90 Å². The van der Waals surface area contributed by atoms with Gasteiger partial charge in [0, 0.05) is 6.07 Å². The number of unbranched alkanes of at least 4 members (excludes halogenated alkanes) is 2. The Hall–Kier alpha value is -1.76. The minimum Gasteiger partial charge on any atom is -0.494 e. The number of nitrogens with one attached hydrogen (secondary N) is 1. The van der Waals surface area contributed by atoms with E-state index in [4.69, 9.17) is 5.26 Å². The normalized spacial score (nSPS) is 9.87. The van der Waals surface area contributed by atoms with Crippen LogP contribution in [-0.2, 0) is 6.42 Å². The van der Waals surface area contributed by atoms with Crippen LogP contribution in [0.4, 0.5) is 0 Å². The molecule has 0 aliphatic rings. The third-order valence-corrected chi connectivity index (χ3v) is 2.27. The van der Waals surface area contributed by atoms with Gasteiger partial charge in [-0.15, -0.1) is 0 Å². The predicted octanol–water partition coefficient (Wildman–Crippen LogP) is 1.68. The summed E-state index contributed by atoms with van der Waals surface area (Å²) in [5.41, 5.74) is 0.455. The lowest BCUT2D eigenvalue weighted by Gasteiger charge is -2.03. The number of rotatable bonds is 4. The quantitative estimate of drug-likeness (QED) is 0.736. The molecule has 1 rings (SSSR count). The Balaban J connectivity index is 2.95. The van der Waals surface area contributed by atoms with Gasteiger partial charge in [-0.2, -0.15) is 5.26 Å². The lowest BCUT2D eigenvalue weighted by Crippen LogP contribution is -2.08. The van der Waals surface area contributed by atoms with Gasteiger partial charge in [-0.3, -0.25) is 9.78 Å². The molecule has 0 aliphatic carbocycles. The molecule has 15 heavy (non-hydrogen) atoms. The fourth-order valence-electron chi connectivity index (χ4n) is 1.49. The average Bonchev–Trinajstić information content (AvgIpc) is 2.17. The van der Waals surface area contributed by atoms with Crippen LogP contribution in [0.15, 0.2) is 10.9 Å². The van der Waals surface area contributed by atoms with Crippen molar-refractivity contribution in [1.29, 1.82) is 5.26 Å². The van der Waals surface area contributed by atoms with Crippen molar-refractivity contribution < 1.29 is 5.11 Å². The van der Waals surface area contributed by atoms with E-state index in [1.807, 2.05) is 6.07 Å². The Morgan fingerprint density at radius 3 is 2.87 bits per heavy atom. The highest BCUT2D eigenvalue weighted by Gasteiger charge is 2.08. The van der Waals surface area contributed by atoms with E-state index in [1.54, 1.807) is 0 Å². The molecular formula is C11H14N2O2. The van der Waals surface area contributed by atoms with Crippen LogP contribution in [0.2, 0.25) is 0 Å². The highest BCUT2D eigenvalue weighted by atomic mass is 16.3. The molecule has 0 aliphatic heterocycles. The molecule has 0 spiro atoms. The zero-order valence-electron chi connectivity index (χ0n) is 8.71. The number of nitrogens with zero attached hydrogens (tertiary/aromatic N) is 1. The van der Waals surface area contributed by atoms with E-state index in [1.165, 1.54) is 6.07 Å². The molecule has 1 aromatic rings. The van der Waals surface area contributed by atoms with Gasteiger partial charge in [-0.1, -0.05) is 19.8 Å². The van der Waals surface area contributed by atoms with Crippen LogP contribution in [0.1, 0.15) is 37.3 Å². The summed E-state index contributed by atoms with van der Waals surface area (Å²) >= 11 is 0. The molecule has 4 heteroatoms. The lowest BCUT2D eigenvalue weighted by molar-refractivity contribution is 0.448. The van der Waals surface area contributed by atoms with Crippen molar-refractivity contribution in [3.05, 3.63) is 27.5 Å². The Morgan fingerprint density at radius 1 is 1.53 bits per heavy atom. The van der Waals surface area contributed by atoms with E-state index in [0.717, 1.165) is 19.3 Å². The summed E-state index contributed by atoms with van der Waals surface area (Å²) in [4.78, 5) is 13.3. The standard InChI is InChI=1S/C11H14N2O2/c1-2-3-4-5-8-6-10(14)13-11(15)9(8)7-12/h6H,2-5H2,1H3,(H2,13,14,15). The smallest absolute Gasteiger partial charge is 0.251 e. The third kappa shape index (κ3) is 2.84. The molecule has 0 radical (unpaired) electrons. The lowest BCUT2D eigenvalue weighted by atomic mass is 10.0. The molecule has 0 atom stereocenters. The maximum Gasteiger partial charge on any atom is 0.251 e. The highest BCUT2D eigenvalue weighted by molar-refractivity contribution is 5.43. The first-order valence-corrected chi connectivity index (χ1v) is 5.04. The van der Waals surface area contributed by atoms with E-state index < -0.39 is 0 Å². The van der Waals surface area contributed by atoms with Gasteiger partial charge in [-0.05, 0) is 18.4 Å². The maximum atomic E-state index is 11.1. The SMILES string of the molecule is CCCCCc1cc(=O)[nH]c(O)c1C#N. The number of H-pyrrole nitrogens is 1. The molecule has 0 aromatic carbocycles. The molecule has 0 amide bonds. The van der Waals surface area contributed by atoms with Crippen molar-refractivity contribution in [2.45, 2.75) is 32.6 Å². The van der Waals surface area contributed by atoms with Crippen LogP contribution in [0.3, 0.4) is 0 Å². The van der Waals surface area contributed by atoms with E-state index >= 15 is 0 Å². The fraction of sp³-hybridized carbons (Fsp3) is 0.455. The van der Waals surface area contributed by atoms with Gasteiger partial charge in [0.05, 0.1) is 0 Å². The van der Waals surface area contributed by atoms with Crippen LogP contribution >= 0.6 is 0 Å². The van der Waals surface area contributed by atoms with Crippen molar-refractivity contribution in [3.63, 3.8) is 0 Å². The monoisotopic (exact) mass is 206 g/mol. The molecule has 0 fully saturated rings. The first-order chi connectivity index (χ1) is 7.19. The molecule has 4 nitrogen and oxygen atoms in total. The molecule has 2 N–H and O–H groups in total. The second kappa shape index (κ2) is 5.20. The van der Waals surface area contributed by atoms with E-state index in [2.05, 4.69) is 11.9 Å². The summed E-state index contributed by atoms with van der Waals surface area (Å²) < 4.78 is 0. The first kappa shape index (κ1) is 11.3. The maximum absolute atomic E-state index is 11.1. The van der Waals surface area contributed by atoms with Gasteiger partial charge >= 0.3 is 0 Å². The van der Waals surface area contributed by atoms with Crippen LogP contribution in [0.5, 0.6) is 5.88 Å². The molecule has 0 saturated heterocycles. The number of pyridine rings is 1. The summed E-state index contributed by atoms with van der Waals surface area (Å²) in [7, 11) is 0. The zero-order valence-corrected chi connectivity index (χ0v) is 8.71. The van der Waals surface area contributed by atoms with Crippen molar-refractivity contribution >= 4 is 0 Å². The van der Waals surface area contributed by atoms with Crippen molar-refractivity contribution in [3.8, 4) is 11.9 Å². The topological polar surface area (TPSA) is 76.9 Å². The van der Waals surface area contributed by atoms with Crippen LogP contribution in [0.25, 0.3) is 0 Å². The number of hydrogen-bond acceptors (Lipinski definition) is 3. The Labute approximate surface area is 88.2 Å². The average molecular weight is 206 g/mol. The Kier molecular flexibility index (Phi) is 3.92. The highest BCUT2D eigenvalue weighted by Crippen LogP contribution is 2.17. The second-order valence-electron chi connectivity index (χ2n) is 3.45. The molecule has 0 unspecified atom stereocenters. The molecule has 80 valence electrons. The number of aromatic nitrogens is 1. The number of nitriles is 1. The largest absolute Gasteiger partial charge is 0.494 e. The van der Waals surface area contributed by atoms with Crippen LogP contribution in [0, 0.1) is 11.3 Å². The van der Waals surface area contributed by atoms with Gasteiger partial charge < -0.3 is 5.11 Å². The van der Waals surface area contributed by atoms with Gasteiger partial charge in [0.15, 0.2) is 0 Å². The minimum atomic E-state index is -0.363. The third-order valence-electron chi connectivity index (χ3n) is 2.27. The number of aryl methyl sites for hydroxylation is 1. The first-order valence-electron chi connectivity index (χ1n) is 5.04. The summed E-state index contributed by atoms with van der Waals surface area (Å²) in [6, 6.07) is 3.28. The van der Waals surface area contributed by atoms with Crippen LogP contribution < -0.4 is 5.56 Å². The van der Waals surface area contributed by atoms with Crippen molar-refractivity contribution in [2.24, 2.45) is 0 Å². The van der Waals surface area contributed by atoms with Gasteiger partial charge in [0.25, 0.3) is 5.56 Å². The Bertz CT molecular complexity index is 429. The second-order valence-corrected chi connectivity index (χ2v) is 3.45. The van der Waals surface area contributed by atoms with Gasteiger partial charge in [0.2, 0.25) is 5.88 Å². The van der Waals surface area contributed by atoms with E-state index in [-0.39, 0.29) is 17.0 Å². The van der Waals surface area contributed by atoms with Gasteiger partial charge in [-0.25, -0.2) is 0 Å². The molecule has 0 saturated carbocycles. The minimum absolute atomic E-state index is 0.186. The number of hydrogen-bond donors (Lipinski definition) is 2. The predicted molar refractivity (Wildman–Crippen MR) is 56.7 cm³/mol. The number of aromatic amines is 1. The number of aromatic hydroxyl groups is 1. The van der Waals surface area contributed by atoms with Crippen molar-refractivity contribution in [1.82, 2.24) is 4.98 Å². The summed E-state index contributed by atoms with van der Waals surface area (Å²) in [6.07, 6.45) is 3.72. The summed E-state index contributed by atoms with van der Waals surface area (Å²) in [6.45, 7) is 2.08. The molecule has 0 bridgehead atoms.